The van der Waals surface area contributed by atoms with Crippen LogP contribution < -0.4 is 0 Å². The molecule has 0 amide bonds. The van der Waals surface area contributed by atoms with Crippen LogP contribution in [0.15, 0.2) is 48.7 Å². The van der Waals surface area contributed by atoms with Crippen LogP contribution in [0.25, 0.3) is 22.0 Å². The normalized spacial score (nSPS) is 16.4. The predicted molar refractivity (Wildman–Crippen MR) is 74.7 cm³/mol. The van der Waals surface area contributed by atoms with Gasteiger partial charge in [0.25, 0.3) is 0 Å². The van der Waals surface area contributed by atoms with Crippen LogP contribution in [0, 0.1) is 5.82 Å². The first-order valence-corrected chi connectivity index (χ1v) is 6.44. The summed E-state index contributed by atoms with van der Waals surface area (Å²) in [6.45, 7) is 2.06. The number of halogens is 1. The van der Waals surface area contributed by atoms with Crippen LogP contribution in [0.3, 0.4) is 0 Å². The van der Waals surface area contributed by atoms with E-state index in [2.05, 4.69) is 24.0 Å². The highest BCUT2D eigenvalue weighted by atomic mass is 19.1. The molecule has 92 valence electrons. The molecule has 1 atom stereocenters. The van der Waals surface area contributed by atoms with Crippen molar-refractivity contribution < 1.29 is 4.39 Å². The van der Waals surface area contributed by atoms with E-state index < -0.39 is 0 Å². The van der Waals surface area contributed by atoms with Gasteiger partial charge < -0.3 is 0 Å². The Kier molecular flexibility index (Phi) is 2.05. The van der Waals surface area contributed by atoms with Gasteiger partial charge in [0.05, 0.1) is 5.69 Å². The fourth-order valence-electron chi connectivity index (χ4n) is 3.16. The maximum atomic E-state index is 14.2. The molecular formula is C17H12FN. The summed E-state index contributed by atoms with van der Waals surface area (Å²) in [5, 5.41) is 2.33. The monoisotopic (exact) mass is 249 g/mol. The molecular weight excluding hydrogens is 237 g/mol. The molecule has 3 aromatic rings. The Morgan fingerprint density at radius 1 is 1.05 bits per heavy atom. The lowest BCUT2D eigenvalue weighted by Gasteiger charge is -2.25. The van der Waals surface area contributed by atoms with Crippen LogP contribution in [0.2, 0.25) is 0 Å². The van der Waals surface area contributed by atoms with E-state index in [1.165, 1.54) is 17.0 Å². The molecule has 4 rings (SSSR count). The zero-order chi connectivity index (χ0) is 13.0. The van der Waals surface area contributed by atoms with Gasteiger partial charge in [-0.25, -0.2) is 4.39 Å². The predicted octanol–water partition coefficient (Wildman–Crippen LogP) is 4.51. The van der Waals surface area contributed by atoms with E-state index in [1.54, 1.807) is 12.3 Å². The van der Waals surface area contributed by atoms with Gasteiger partial charge in [0.2, 0.25) is 0 Å². The summed E-state index contributed by atoms with van der Waals surface area (Å²) in [6, 6.07) is 13.5. The lowest BCUT2D eigenvalue weighted by atomic mass is 9.79. The maximum absolute atomic E-state index is 14.2. The molecule has 1 heterocycles. The van der Waals surface area contributed by atoms with Crippen molar-refractivity contribution in [1.29, 1.82) is 0 Å². The van der Waals surface area contributed by atoms with Gasteiger partial charge in [-0.3, -0.25) is 4.98 Å². The fourth-order valence-corrected chi connectivity index (χ4v) is 3.16. The average molecular weight is 249 g/mol. The van der Waals surface area contributed by atoms with Crippen molar-refractivity contribution in [2.24, 2.45) is 0 Å². The second-order valence-electron chi connectivity index (χ2n) is 5.03. The van der Waals surface area contributed by atoms with Gasteiger partial charge in [0.15, 0.2) is 0 Å². The molecule has 1 nitrogen and oxygen atoms in total. The molecule has 1 aliphatic carbocycles. The first-order chi connectivity index (χ1) is 9.27. The van der Waals surface area contributed by atoms with Gasteiger partial charge in [0, 0.05) is 28.6 Å². The number of benzene rings is 2. The van der Waals surface area contributed by atoms with Crippen molar-refractivity contribution in [3.8, 4) is 11.3 Å². The van der Waals surface area contributed by atoms with Crippen LogP contribution in [0.1, 0.15) is 24.0 Å². The summed E-state index contributed by atoms with van der Waals surface area (Å²) in [5.41, 5.74) is 3.76. The van der Waals surface area contributed by atoms with E-state index in [1.807, 2.05) is 18.2 Å². The van der Waals surface area contributed by atoms with Crippen molar-refractivity contribution >= 4 is 10.8 Å². The van der Waals surface area contributed by atoms with Crippen LogP contribution in [0.4, 0.5) is 4.39 Å². The van der Waals surface area contributed by atoms with Gasteiger partial charge in [-0.05, 0) is 23.1 Å². The number of hydrogen-bond donors (Lipinski definition) is 0. The Morgan fingerprint density at radius 2 is 1.89 bits per heavy atom. The standard InChI is InChI=1S/C17H12FN/c1-10-12-5-2-4-11-8-9-19-17(16(11)12)13-6-3-7-14(18)15(10)13/h2-10H,1H3. The highest BCUT2D eigenvalue weighted by Gasteiger charge is 2.27. The Hall–Kier alpha value is -2.22. The maximum Gasteiger partial charge on any atom is 0.127 e. The van der Waals surface area contributed by atoms with Crippen molar-refractivity contribution in [2.75, 3.05) is 0 Å². The third-order valence-electron chi connectivity index (χ3n) is 4.03. The topological polar surface area (TPSA) is 12.9 Å². The number of fused-ring (bicyclic) bond motifs is 2. The van der Waals surface area contributed by atoms with Crippen molar-refractivity contribution in [3.63, 3.8) is 0 Å². The van der Waals surface area contributed by atoms with Gasteiger partial charge in [0.1, 0.15) is 5.82 Å². The van der Waals surface area contributed by atoms with Gasteiger partial charge >= 0.3 is 0 Å². The smallest absolute Gasteiger partial charge is 0.127 e. The number of hydrogen-bond acceptors (Lipinski definition) is 1. The highest BCUT2D eigenvalue weighted by molar-refractivity contribution is 6.00. The van der Waals surface area contributed by atoms with Gasteiger partial charge in [-0.2, -0.15) is 0 Å². The average Bonchev–Trinajstić information content (AvgIpc) is 2.44. The Morgan fingerprint density at radius 3 is 2.79 bits per heavy atom. The molecule has 2 heteroatoms. The van der Waals surface area contributed by atoms with Crippen LogP contribution in [-0.4, -0.2) is 4.98 Å². The van der Waals surface area contributed by atoms with E-state index in [0.717, 1.165) is 22.2 Å². The molecule has 0 radical (unpaired) electrons. The molecule has 0 spiro atoms. The first-order valence-electron chi connectivity index (χ1n) is 6.44. The van der Waals surface area contributed by atoms with Crippen LogP contribution in [0.5, 0.6) is 0 Å². The Balaban J connectivity index is 2.24. The van der Waals surface area contributed by atoms with Crippen LogP contribution >= 0.6 is 0 Å². The minimum Gasteiger partial charge on any atom is -0.256 e. The summed E-state index contributed by atoms with van der Waals surface area (Å²) < 4.78 is 14.2. The Labute approximate surface area is 110 Å². The van der Waals surface area contributed by atoms with Crippen molar-refractivity contribution in [2.45, 2.75) is 12.8 Å². The van der Waals surface area contributed by atoms with Crippen molar-refractivity contribution in [1.82, 2.24) is 4.98 Å². The minimum atomic E-state index is -0.140. The van der Waals surface area contributed by atoms with Gasteiger partial charge in [-0.15, -0.1) is 0 Å². The summed E-state index contributed by atoms with van der Waals surface area (Å²) >= 11 is 0. The molecule has 0 N–H and O–H groups in total. The Bertz CT molecular complexity index is 802. The number of aromatic nitrogens is 1. The van der Waals surface area contributed by atoms with Gasteiger partial charge in [-0.1, -0.05) is 37.3 Å². The summed E-state index contributed by atoms with van der Waals surface area (Å²) in [5.74, 6) is -0.0742. The molecule has 0 saturated heterocycles. The van der Waals surface area contributed by atoms with E-state index >= 15 is 0 Å². The zero-order valence-electron chi connectivity index (χ0n) is 10.5. The number of pyridine rings is 1. The molecule has 0 fully saturated rings. The minimum absolute atomic E-state index is 0.0663. The molecule has 0 aliphatic heterocycles. The molecule has 2 aromatic carbocycles. The number of rotatable bonds is 0. The molecule has 0 bridgehead atoms. The lowest BCUT2D eigenvalue weighted by molar-refractivity contribution is 0.603. The molecule has 0 saturated carbocycles. The molecule has 1 aromatic heterocycles. The first kappa shape index (κ1) is 10.7. The summed E-state index contributed by atoms with van der Waals surface area (Å²) in [6.07, 6.45) is 1.80. The number of nitrogens with zero attached hydrogens (tertiary/aromatic N) is 1. The van der Waals surface area contributed by atoms with E-state index in [9.17, 15) is 4.39 Å². The van der Waals surface area contributed by atoms with E-state index in [4.69, 9.17) is 0 Å². The second-order valence-corrected chi connectivity index (χ2v) is 5.03. The third-order valence-corrected chi connectivity index (χ3v) is 4.03. The van der Waals surface area contributed by atoms with E-state index in [-0.39, 0.29) is 11.7 Å². The molecule has 1 unspecified atom stereocenters. The SMILES string of the molecule is CC1c2c(F)cccc2-c2nccc3cccc1c23. The van der Waals surface area contributed by atoms with Crippen LogP contribution in [-0.2, 0) is 0 Å². The lowest BCUT2D eigenvalue weighted by Crippen LogP contribution is -2.09. The third kappa shape index (κ3) is 1.31. The zero-order valence-corrected chi connectivity index (χ0v) is 10.5. The van der Waals surface area contributed by atoms with Crippen molar-refractivity contribution in [3.05, 3.63) is 65.6 Å². The second kappa shape index (κ2) is 3.64. The molecule has 1 aliphatic rings. The largest absolute Gasteiger partial charge is 0.256 e. The molecule has 19 heavy (non-hydrogen) atoms. The fraction of sp³-hybridized carbons (Fsp3) is 0.118. The summed E-state index contributed by atoms with van der Waals surface area (Å²) in [4.78, 5) is 4.49. The quantitative estimate of drug-likeness (QED) is 0.571. The summed E-state index contributed by atoms with van der Waals surface area (Å²) in [7, 11) is 0. The highest BCUT2D eigenvalue weighted by Crippen LogP contribution is 2.44. The van der Waals surface area contributed by atoms with E-state index in [0.29, 0.717) is 0 Å².